The third-order valence-electron chi connectivity index (χ3n) is 4.44. The number of hydrogen-bond donors (Lipinski definition) is 2. The Morgan fingerprint density at radius 1 is 1.16 bits per heavy atom. The van der Waals surface area contributed by atoms with Crippen molar-refractivity contribution in [3.63, 3.8) is 0 Å². The quantitative estimate of drug-likeness (QED) is 0.721. The third kappa shape index (κ3) is 3.10. The Bertz CT molecular complexity index is 918. The molecule has 0 saturated carbocycles. The van der Waals surface area contributed by atoms with Crippen LogP contribution in [0.3, 0.4) is 0 Å². The lowest BCUT2D eigenvalue weighted by molar-refractivity contribution is 0.130. The maximum Gasteiger partial charge on any atom is 0.329 e. The van der Waals surface area contributed by atoms with Crippen LogP contribution in [0.5, 0.6) is 0 Å². The lowest BCUT2D eigenvalue weighted by Crippen LogP contribution is -2.38. The Kier molecular flexibility index (Phi) is 5.01. The Balaban J connectivity index is 2.31. The second kappa shape index (κ2) is 7.21. The number of hydrogen-bond acceptors (Lipinski definition) is 3. The van der Waals surface area contributed by atoms with Crippen molar-refractivity contribution in [2.24, 2.45) is 0 Å². The highest BCUT2D eigenvalue weighted by Gasteiger charge is 2.27. The molecule has 25 heavy (non-hydrogen) atoms. The first-order chi connectivity index (χ1) is 12.1. The van der Waals surface area contributed by atoms with E-state index in [2.05, 4.69) is 5.32 Å². The van der Waals surface area contributed by atoms with Crippen LogP contribution in [0.15, 0.2) is 53.3 Å². The van der Waals surface area contributed by atoms with E-state index in [0.29, 0.717) is 24.1 Å². The van der Waals surface area contributed by atoms with Gasteiger partial charge in [0.05, 0.1) is 23.2 Å². The predicted octanol–water partition coefficient (Wildman–Crippen LogP) is 2.13. The van der Waals surface area contributed by atoms with Gasteiger partial charge in [-0.2, -0.15) is 0 Å². The number of aromatic nitrogens is 2. The minimum absolute atomic E-state index is 0.257. The van der Waals surface area contributed by atoms with Crippen molar-refractivity contribution in [2.75, 3.05) is 13.6 Å². The molecule has 0 bridgehead atoms. The summed E-state index contributed by atoms with van der Waals surface area (Å²) in [7, 11) is 1.74. The van der Waals surface area contributed by atoms with Crippen LogP contribution >= 0.6 is 0 Å². The van der Waals surface area contributed by atoms with E-state index in [1.54, 1.807) is 17.7 Å². The van der Waals surface area contributed by atoms with Crippen molar-refractivity contribution >= 4 is 11.0 Å². The number of benzene rings is 2. The average molecular weight is 343 g/mol. The highest BCUT2D eigenvalue weighted by molar-refractivity contribution is 5.76. The SMILES string of the molecule is CCn1c(=O)n(C(c2ccccc2)C(O)CNC)c2cc(F)ccc21. The van der Waals surface area contributed by atoms with E-state index in [-0.39, 0.29) is 5.69 Å². The standard InChI is InChI=1S/C19H22FN3O2/c1-3-22-15-10-9-14(20)11-16(15)23(19(22)25)18(17(24)12-21-2)13-7-5-4-6-8-13/h4-11,17-18,21,24H,3,12H2,1-2H3. The number of aryl methyl sites for hydroxylation is 1. The number of rotatable bonds is 6. The molecule has 2 aromatic carbocycles. The fourth-order valence-electron chi connectivity index (χ4n) is 3.34. The molecule has 0 amide bonds. The number of aliphatic hydroxyl groups excluding tert-OH is 1. The molecular weight excluding hydrogens is 321 g/mol. The summed E-state index contributed by atoms with van der Waals surface area (Å²) in [5.41, 5.74) is 1.68. The predicted molar refractivity (Wildman–Crippen MR) is 96.3 cm³/mol. The summed E-state index contributed by atoms with van der Waals surface area (Å²) in [5, 5.41) is 13.7. The molecule has 3 rings (SSSR count). The van der Waals surface area contributed by atoms with Crippen molar-refractivity contribution in [1.82, 2.24) is 14.5 Å². The van der Waals surface area contributed by atoms with E-state index in [4.69, 9.17) is 0 Å². The third-order valence-corrected chi connectivity index (χ3v) is 4.44. The van der Waals surface area contributed by atoms with Crippen LogP contribution in [0.2, 0.25) is 0 Å². The Hall–Kier alpha value is -2.44. The zero-order valence-electron chi connectivity index (χ0n) is 14.3. The summed E-state index contributed by atoms with van der Waals surface area (Å²) in [6.07, 6.45) is -0.843. The van der Waals surface area contributed by atoms with Gasteiger partial charge in [0.2, 0.25) is 0 Å². The number of fused-ring (bicyclic) bond motifs is 1. The minimum Gasteiger partial charge on any atom is -0.389 e. The molecule has 1 heterocycles. The monoisotopic (exact) mass is 343 g/mol. The van der Waals surface area contributed by atoms with E-state index >= 15 is 0 Å². The van der Waals surface area contributed by atoms with Crippen molar-refractivity contribution in [3.8, 4) is 0 Å². The largest absolute Gasteiger partial charge is 0.389 e. The molecule has 2 N–H and O–H groups in total. The van der Waals surface area contributed by atoms with E-state index < -0.39 is 18.0 Å². The molecular formula is C19H22FN3O2. The molecule has 132 valence electrons. The van der Waals surface area contributed by atoms with Crippen LogP contribution in [0.4, 0.5) is 4.39 Å². The Morgan fingerprint density at radius 2 is 1.88 bits per heavy atom. The zero-order chi connectivity index (χ0) is 18.0. The lowest BCUT2D eigenvalue weighted by atomic mass is 10.0. The van der Waals surface area contributed by atoms with Gasteiger partial charge in [0.15, 0.2) is 0 Å². The van der Waals surface area contributed by atoms with E-state index in [1.807, 2.05) is 37.3 Å². The van der Waals surface area contributed by atoms with Crippen LogP contribution in [0.25, 0.3) is 11.0 Å². The van der Waals surface area contributed by atoms with Gasteiger partial charge < -0.3 is 10.4 Å². The molecule has 5 nitrogen and oxygen atoms in total. The number of likely N-dealkylation sites (N-methyl/N-ethyl adjacent to an activating group) is 1. The summed E-state index contributed by atoms with van der Waals surface area (Å²) in [4.78, 5) is 13.0. The molecule has 2 atom stereocenters. The Morgan fingerprint density at radius 3 is 2.52 bits per heavy atom. The fourth-order valence-corrected chi connectivity index (χ4v) is 3.34. The second-order valence-electron chi connectivity index (χ2n) is 6.01. The van der Waals surface area contributed by atoms with E-state index in [1.165, 1.54) is 16.7 Å². The zero-order valence-corrected chi connectivity index (χ0v) is 14.3. The van der Waals surface area contributed by atoms with Crippen LogP contribution in [0, 0.1) is 5.82 Å². The summed E-state index contributed by atoms with van der Waals surface area (Å²) >= 11 is 0. The first-order valence-corrected chi connectivity index (χ1v) is 8.36. The van der Waals surface area contributed by atoms with Gasteiger partial charge in [-0.1, -0.05) is 30.3 Å². The summed E-state index contributed by atoms with van der Waals surface area (Å²) in [6.45, 7) is 2.65. The molecule has 1 aromatic heterocycles. The minimum atomic E-state index is -0.843. The number of halogens is 1. The molecule has 0 spiro atoms. The van der Waals surface area contributed by atoms with E-state index in [9.17, 15) is 14.3 Å². The lowest BCUT2D eigenvalue weighted by Gasteiger charge is -2.25. The molecule has 0 fully saturated rings. The van der Waals surface area contributed by atoms with Crippen molar-refractivity contribution in [3.05, 3.63) is 70.4 Å². The molecule has 0 saturated heterocycles. The maximum absolute atomic E-state index is 13.9. The van der Waals surface area contributed by atoms with Gasteiger partial charge in [0.1, 0.15) is 5.82 Å². The molecule has 0 radical (unpaired) electrons. The summed E-state index contributed by atoms with van der Waals surface area (Å²) < 4.78 is 17.0. The number of imidazole rings is 1. The second-order valence-corrected chi connectivity index (χ2v) is 6.01. The molecule has 3 aromatic rings. The first kappa shape index (κ1) is 17.4. The normalized spacial score (nSPS) is 13.9. The molecule has 0 aliphatic rings. The summed E-state index contributed by atoms with van der Waals surface area (Å²) in [5.74, 6) is -0.413. The topological polar surface area (TPSA) is 59.2 Å². The van der Waals surface area contributed by atoms with Crippen LogP contribution in [0.1, 0.15) is 18.5 Å². The van der Waals surface area contributed by atoms with Crippen molar-refractivity contribution in [2.45, 2.75) is 25.6 Å². The van der Waals surface area contributed by atoms with Crippen LogP contribution < -0.4 is 11.0 Å². The van der Waals surface area contributed by atoms with Crippen LogP contribution in [-0.2, 0) is 6.54 Å². The number of nitrogens with zero attached hydrogens (tertiary/aromatic N) is 2. The number of nitrogens with one attached hydrogen (secondary N) is 1. The van der Waals surface area contributed by atoms with Gasteiger partial charge in [-0.25, -0.2) is 9.18 Å². The molecule has 6 heteroatoms. The van der Waals surface area contributed by atoms with Gasteiger partial charge in [-0.3, -0.25) is 9.13 Å². The highest BCUT2D eigenvalue weighted by Crippen LogP contribution is 2.26. The van der Waals surface area contributed by atoms with Gasteiger partial charge in [-0.05, 0) is 37.7 Å². The van der Waals surface area contributed by atoms with Gasteiger partial charge in [0, 0.05) is 13.1 Å². The molecule has 2 unspecified atom stereocenters. The van der Waals surface area contributed by atoms with Gasteiger partial charge in [0.25, 0.3) is 0 Å². The molecule has 0 aliphatic heterocycles. The summed E-state index contributed by atoms with van der Waals surface area (Å²) in [6, 6.07) is 13.0. The smallest absolute Gasteiger partial charge is 0.329 e. The molecule has 0 aliphatic carbocycles. The van der Waals surface area contributed by atoms with Crippen LogP contribution in [-0.4, -0.2) is 33.9 Å². The highest BCUT2D eigenvalue weighted by atomic mass is 19.1. The van der Waals surface area contributed by atoms with Gasteiger partial charge >= 0.3 is 5.69 Å². The maximum atomic E-state index is 13.9. The Labute approximate surface area is 145 Å². The van der Waals surface area contributed by atoms with Crippen molar-refractivity contribution < 1.29 is 9.50 Å². The van der Waals surface area contributed by atoms with Crippen molar-refractivity contribution in [1.29, 1.82) is 0 Å². The number of aliphatic hydroxyl groups is 1. The fraction of sp³-hybridized carbons (Fsp3) is 0.316. The average Bonchev–Trinajstić information content (AvgIpc) is 2.88. The van der Waals surface area contributed by atoms with E-state index in [0.717, 1.165) is 5.56 Å². The first-order valence-electron chi connectivity index (χ1n) is 8.36. The van der Waals surface area contributed by atoms with Gasteiger partial charge in [-0.15, -0.1) is 0 Å².